The van der Waals surface area contributed by atoms with Crippen LogP contribution >= 0.6 is 15.9 Å². The van der Waals surface area contributed by atoms with Gasteiger partial charge in [0.25, 0.3) is 0 Å². The van der Waals surface area contributed by atoms with Gasteiger partial charge in [0.15, 0.2) is 0 Å². The molecule has 0 fully saturated rings. The van der Waals surface area contributed by atoms with Crippen LogP contribution < -0.4 is 0 Å². The van der Waals surface area contributed by atoms with Crippen molar-refractivity contribution in [1.82, 2.24) is 0 Å². The lowest BCUT2D eigenvalue weighted by atomic mass is 10.1. The van der Waals surface area contributed by atoms with Gasteiger partial charge in [-0.15, -0.1) is 0 Å². The number of benzene rings is 1. The van der Waals surface area contributed by atoms with Crippen LogP contribution in [0.15, 0.2) is 23.8 Å². The average molecular weight is 247 g/mol. The van der Waals surface area contributed by atoms with E-state index in [4.69, 9.17) is 0 Å². The molecule has 0 atom stereocenters. The van der Waals surface area contributed by atoms with Gasteiger partial charge in [0.1, 0.15) is 11.6 Å². The van der Waals surface area contributed by atoms with Crippen LogP contribution in [0.1, 0.15) is 12.5 Å². The van der Waals surface area contributed by atoms with E-state index in [-0.39, 0.29) is 5.56 Å². The van der Waals surface area contributed by atoms with Crippen LogP contribution in [0.5, 0.6) is 0 Å². The van der Waals surface area contributed by atoms with E-state index in [1.807, 2.05) is 6.92 Å². The second-order valence-electron chi connectivity index (χ2n) is 2.79. The third-order valence-electron chi connectivity index (χ3n) is 1.57. The predicted octanol–water partition coefficient (Wildman–Crippen LogP) is 3.76. The molecule has 0 aliphatic carbocycles. The van der Waals surface area contributed by atoms with Crippen molar-refractivity contribution in [3.8, 4) is 0 Å². The van der Waals surface area contributed by atoms with Gasteiger partial charge in [-0.1, -0.05) is 27.6 Å². The highest BCUT2D eigenvalue weighted by Crippen LogP contribution is 2.14. The van der Waals surface area contributed by atoms with E-state index in [1.54, 1.807) is 6.08 Å². The Morgan fingerprint density at radius 1 is 1.46 bits per heavy atom. The van der Waals surface area contributed by atoms with Gasteiger partial charge in [-0.2, -0.15) is 0 Å². The zero-order chi connectivity index (χ0) is 9.84. The maximum Gasteiger partial charge on any atom is 0.130 e. The van der Waals surface area contributed by atoms with Crippen molar-refractivity contribution in [1.29, 1.82) is 0 Å². The Balaban J connectivity index is 3.07. The fourth-order valence-corrected chi connectivity index (χ4v) is 1.09. The molecular formula is C10H9BrF2. The van der Waals surface area contributed by atoms with Crippen LogP contribution in [0.25, 0.3) is 6.08 Å². The van der Waals surface area contributed by atoms with E-state index >= 15 is 0 Å². The summed E-state index contributed by atoms with van der Waals surface area (Å²) in [5.41, 5.74) is 1.24. The van der Waals surface area contributed by atoms with Crippen molar-refractivity contribution < 1.29 is 8.78 Å². The molecule has 0 saturated carbocycles. The van der Waals surface area contributed by atoms with E-state index in [2.05, 4.69) is 15.9 Å². The first kappa shape index (κ1) is 10.4. The second-order valence-corrected chi connectivity index (χ2v) is 3.35. The molecule has 0 unspecified atom stereocenters. The van der Waals surface area contributed by atoms with E-state index in [9.17, 15) is 8.78 Å². The largest absolute Gasteiger partial charge is 0.207 e. The van der Waals surface area contributed by atoms with Crippen LogP contribution in [-0.2, 0) is 0 Å². The van der Waals surface area contributed by atoms with E-state index < -0.39 is 11.6 Å². The Kier molecular flexibility index (Phi) is 3.60. The SMILES string of the molecule is C/C(=C/c1cc(F)ccc1F)CBr. The van der Waals surface area contributed by atoms with Crippen molar-refractivity contribution in [2.24, 2.45) is 0 Å². The number of alkyl halides is 1. The second kappa shape index (κ2) is 4.51. The van der Waals surface area contributed by atoms with Crippen molar-refractivity contribution in [3.63, 3.8) is 0 Å². The highest BCUT2D eigenvalue weighted by Gasteiger charge is 2.00. The minimum atomic E-state index is -0.421. The molecule has 0 heterocycles. The van der Waals surface area contributed by atoms with Gasteiger partial charge in [-0.25, -0.2) is 8.78 Å². The number of halogens is 3. The topological polar surface area (TPSA) is 0 Å². The monoisotopic (exact) mass is 246 g/mol. The maximum absolute atomic E-state index is 13.0. The molecule has 1 aromatic carbocycles. The molecule has 0 aromatic heterocycles. The summed E-state index contributed by atoms with van der Waals surface area (Å²) in [4.78, 5) is 0. The Morgan fingerprint density at radius 3 is 2.77 bits per heavy atom. The molecule has 13 heavy (non-hydrogen) atoms. The molecule has 3 heteroatoms. The first-order chi connectivity index (χ1) is 6.13. The van der Waals surface area contributed by atoms with Crippen molar-refractivity contribution in [2.45, 2.75) is 6.92 Å². The minimum Gasteiger partial charge on any atom is -0.207 e. The summed E-state index contributed by atoms with van der Waals surface area (Å²) in [6, 6.07) is 3.42. The molecule has 0 radical (unpaired) electrons. The number of hydrogen-bond acceptors (Lipinski definition) is 0. The average Bonchev–Trinajstić information content (AvgIpc) is 2.11. The molecular weight excluding hydrogens is 238 g/mol. The summed E-state index contributed by atoms with van der Waals surface area (Å²) >= 11 is 3.23. The predicted molar refractivity (Wildman–Crippen MR) is 53.8 cm³/mol. The van der Waals surface area contributed by atoms with Crippen molar-refractivity contribution in [3.05, 3.63) is 41.0 Å². The van der Waals surface area contributed by atoms with Crippen LogP contribution in [0.3, 0.4) is 0 Å². The summed E-state index contributed by atoms with van der Waals surface area (Å²) in [7, 11) is 0. The van der Waals surface area contributed by atoms with Crippen LogP contribution in [0.4, 0.5) is 8.78 Å². The molecule has 1 rings (SSSR count). The first-order valence-electron chi connectivity index (χ1n) is 3.81. The summed E-state index contributed by atoms with van der Waals surface area (Å²) in [6.45, 7) is 1.85. The zero-order valence-corrected chi connectivity index (χ0v) is 8.74. The third kappa shape index (κ3) is 2.92. The molecule has 0 saturated heterocycles. The summed E-state index contributed by atoms with van der Waals surface area (Å²) in [5, 5.41) is 0.656. The van der Waals surface area contributed by atoms with Crippen molar-refractivity contribution >= 4 is 22.0 Å². The van der Waals surface area contributed by atoms with E-state index in [1.165, 1.54) is 6.07 Å². The molecule has 0 N–H and O–H groups in total. The lowest BCUT2D eigenvalue weighted by Crippen LogP contribution is -1.86. The molecule has 0 aliphatic rings. The molecule has 0 spiro atoms. The maximum atomic E-state index is 13.0. The molecule has 0 aliphatic heterocycles. The van der Waals surface area contributed by atoms with E-state index in [0.29, 0.717) is 5.33 Å². The Morgan fingerprint density at radius 2 is 2.15 bits per heavy atom. The fraction of sp³-hybridized carbons (Fsp3) is 0.200. The van der Waals surface area contributed by atoms with Crippen LogP contribution in [0.2, 0.25) is 0 Å². The quantitative estimate of drug-likeness (QED) is 0.698. The van der Waals surface area contributed by atoms with Gasteiger partial charge >= 0.3 is 0 Å². The Labute approximate surface area is 84.4 Å². The highest BCUT2D eigenvalue weighted by atomic mass is 79.9. The van der Waals surface area contributed by atoms with Crippen LogP contribution in [0, 0.1) is 11.6 Å². The van der Waals surface area contributed by atoms with Gasteiger partial charge in [0.05, 0.1) is 0 Å². The number of hydrogen-bond donors (Lipinski definition) is 0. The van der Waals surface area contributed by atoms with E-state index in [0.717, 1.165) is 17.7 Å². The van der Waals surface area contributed by atoms with Gasteiger partial charge in [0, 0.05) is 10.9 Å². The highest BCUT2D eigenvalue weighted by molar-refractivity contribution is 9.09. The Bertz CT molecular complexity index is 332. The molecule has 70 valence electrons. The fourth-order valence-electron chi connectivity index (χ4n) is 0.929. The normalized spacial score (nSPS) is 11.8. The Hall–Kier alpha value is -0.700. The first-order valence-corrected chi connectivity index (χ1v) is 4.94. The minimum absolute atomic E-state index is 0.289. The summed E-state index contributed by atoms with van der Waals surface area (Å²) in [5.74, 6) is -0.822. The van der Waals surface area contributed by atoms with Crippen molar-refractivity contribution in [2.75, 3.05) is 5.33 Å². The molecule has 0 bridgehead atoms. The third-order valence-corrected chi connectivity index (χ3v) is 2.46. The van der Waals surface area contributed by atoms with Gasteiger partial charge < -0.3 is 0 Å². The summed E-state index contributed by atoms with van der Waals surface area (Å²) < 4.78 is 25.7. The molecule has 0 nitrogen and oxygen atoms in total. The number of rotatable bonds is 2. The lowest BCUT2D eigenvalue weighted by molar-refractivity contribution is 0.598. The standard InChI is InChI=1S/C10H9BrF2/c1-7(6-11)4-8-5-9(12)2-3-10(8)13/h2-5H,6H2,1H3/b7-4-. The summed E-state index contributed by atoms with van der Waals surface area (Å²) in [6.07, 6.45) is 1.62. The van der Waals surface area contributed by atoms with Crippen LogP contribution in [-0.4, -0.2) is 5.33 Å². The lowest BCUT2D eigenvalue weighted by Gasteiger charge is -1.98. The van der Waals surface area contributed by atoms with Gasteiger partial charge in [0.2, 0.25) is 0 Å². The van der Waals surface area contributed by atoms with Gasteiger partial charge in [-0.3, -0.25) is 0 Å². The number of allylic oxidation sites excluding steroid dienone is 1. The zero-order valence-electron chi connectivity index (χ0n) is 7.15. The molecule has 0 amide bonds. The molecule has 1 aromatic rings. The van der Waals surface area contributed by atoms with Gasteiger partial charge in [-0.05, 0) is 25.1 Å². The smallest absolute Gasteiger partial charge is 0.130 e.